The van der Waals surface area contributed by atoms with E-state index < -0.39 is 0 Å². The van der Waals surface area contributed by atoms with Crippen LogP contribution in [0.5, 0.6) is 0 Å². The first-order valence-electron chi connectivity index (χ1n) is 5.84. The van der Waals surface area contributed by atoms with E-state index in [1.54, 1.807) is 0 Å². The third-order valence-corrected chi connectivity index (χ3v) is 2.60. The Bertz CT molecular complexity index is 230. The Morgan fingerprint density at radius 2 is 1.53 bits per heavy atom. The fourth-order valence-electron chi connectivity index (χ4n) is 1.71. The lowest BCUT2D eigenvalue weighted by atomic mass is 10.1. The fourth-order valence-corrected chi connectivity index (χ4v) is 1.71. The van der Waals surface area contributed by atoms with Crippen molar-refractivity contribution in [3.8, 4) is 0 Å². The predicted molar refractivity (Wildman–Crippen MR) is 64.5 cm³/mol. The molecule has 0 amide bonds. The molecule has 0 heterocycles. The normalized spacial score (nSPS) is 10.5. The molecule has 0 aliphatic rings. The average Bonchev–Trinajstić information content (AvgIpc) is 2.29. The van der Waals surface area contributed by atoms with Gasteiger partial charge in [0.2, 0.25) is 0 Å². The lowest BCUT2D eigenvalue weighted by Crippen LogP contribution is -1.88. The summed E-state index contributed by atoms with van der Waals surface area (Å²) in [4.78, 5) is 0. The molecule has 0 aromatic heterocycles. The molecule has 15 heavy (non-hydrogen) atoms. The summed E-state index contributed by atoms with van der Waals surface area (Å²) in [6.07, 6.45) is 7.57. The molecule has 83 valence electrons. The Labute approximate surface area is 93.5 Å². The number of aryl methyl sites for hydroxylation is 1. The lowest BCUT2D eigenvalue weighted by molar-refractivity contribution is 0.233. The number of ether oxygens (including phenoxy) is 1. The second kappa shape index (κ2) is 8.49. The van der Waals surface area contributed by atoms with Gasteiger partial charge in [0, 0.05) is 6.61 Å². The van der Waals surface area contributed by atoms with Gasteiger partial charge in [-0.05, 0) is 24.8 Å². The quantitative estimate of drug-likeness (QED) is 0.583. The summed E-state index contributed by atoms with van der Waals surface area (Å²) >= 11 is 0. The summed E-state index contributed by atoms with van der Waals surface area (Å²) in [5.41, 5.74) is 1.46. The fraction of sp³-hybridized carbons (Fsp3) is 0.500. The average molecular weight is 205 g/mol. The van der Waals surface area contributed by atoms with E-state index in [0.29, 0.717) is 0 Å². The first-order valence-corrected chi connectivity index (χ1v) is 5.84. The van der Waals surface area contributed by atoms with Crippen LogP contribution in [0.15, 0.2) is 30.3 Å². The molecule has 0 spiro atoms. The molecular weight excluding hydrogens is 184 g/mol. The van der Waals surface area contributed by atoms with E-state index in [9.17, 15) is 0 Å². The maximum absolute atomic E-state index is 4.77. The van der Waals surface area contributed by atoms with Crippen molar-refractivity contribution >= 4 is 0 Å². The third kappa shape index (κ3) is 6.29. The third-order valence-electron chi connectivity index (χ3n) is 2.60. The van der Waals surface area contributed by atoms with Gasteiger partial charge in [-0.1, -0.05) is 49.6 Å². The van der Waals surface area contributed by atoms with Gasteiger partial charge in [-0.2, -0.15) is 0 Å². The molecule has 0 atom stereocenters. The van der Waals surface area contributed by atoms with Crippen molar-refractivity contribution in [1.29, 1.82) is 0 Å². The van der Waals surface area contributed by atoms with Crippen molar-refractivity contribution in [2.45, 2.75) is 38.5 Å². The van der Waals surface area contributed by atoms with Crippen LogP contribution in [0.25, 0.3) is 0 Å². The van der Waals surface area contributed by atoms with Crippen molar-refractivity contribution in [3.05, 3.63) is 43.0 Å². The van der Waals surface area contributed by atoms with Gasteiger partial charge >= 0.3 is 0 Å². The largest absolute Gasteiger partial charge is 0.379 e. The number of rotatable bonds is 8. The first kappa shape index (κ1) is 12.3. The Balaban J connectivity index is 1.93. The Morgan fingerprint density at radius 1 is 0.867 bits per heavy atom. The number of hydrogen-bond acceptors (Lipinski definition) is 1. The minimum absolute atomic E-state index is 0.804. The molecule has 1 radical (unpaired) electrons. The van der Waals surface area contributed by atoms with E-state index in [0.717, 1.165) is 13.0 Å². The van der Waals surface area contributed by atoms with Gasteiger partial charge in [-0.25, -0.2) is 0 Å². The molecule has 1 aromatic carbocycles. The van der Waals surface area contributed by atoms with Gasteiger partial charge in [-0.15, -0.1) is 0 Å². The molecule has 1 nitrogen and oxygen atoms in total. The van der Waals surface area contributed by atoms with E-state index >= 15 is 0 Å². The van der Waals surface area contributed by atoms with Gasteiger partial charge in [0.15, 0.2) is 0 Å². The van der Waals surface area contributed by atoms with E-state index in [4.69, 9.17) is 4.74 Å². The molecule has 0 aliphatic heterocycles. The summed E-state index contributed by atoms with van der Waals surface area (Å²) in [6, 6.07) is 10.7. The second-order valence-electron chi connectivity index (χ2n) is 3.91. The lowest BCUT2D eigenvalue weighted by Gasteiger charge is -2.01. The Morgan fingerprint density at radius 3 is 2.27 bits per heavy atom. The molecule has 1 rings (SSSR count). The molecule has 0 saturated carbocycles. The Hall–Kier alpha value is -0.820. The van der Waals surface area contributed by atoms with E-state index in [1.165, 1.54) is 37.7 Å². The summed E-state index contributed by atoms with van der Waals surface area (Å²) < 4.78 is 4.77. The van der Waals surface area contributed by atoms with Crippen LogP contribution in [0, 0.1) is 7.11 Å². The smallest absolute Gasteiger partial charge is 0.0700 e. The summed E-state index contributed by atoms with van der Waals surface area (Å²) in [6.45, 7) is 0.804. The van der Waals surface area contributed by atoms with Crippen LogP contribution in [0.2, 0.25) is 0 Å². The first-order chi connectivity index (χ1) is 7.43. The molecule has 0 saturated heterocycles. The molecule has 1 heteroatoms. The highest BCUT2D eigenvalue weighted by Crippen LogP contribution is 2.08. The van der Waals surface area contributed by atoms with Crippen LogP contribution in [-0.2, 0) is 11.2 Å². The topological polar surface area (TPSA) is 9.23 Å². The monoisotopic (exact) mass is 205 g/mol. The zero-order chi connectivity index (χ0) is 10.8. The predicted octanol–water partition coefficient (Wildman–Crippen LogP) is 3.99. The molecule has 1 aromatic rings. The highest BCUT2D eigenvalue weighted by Gasteiger charge is 1.93. The molecule has 0 aliphatic carbocycles. The molecule has 0 N–H and O–H groups in total. The Kier molecular flexibility index (Phi) is 6.93. The highest BCUT2D eigenvalue weighted by atomic mass is 16.5. The zero-order valence-electron chi connectivity index (χ0n) is 9.45. The summed E-state index contributed by atoms with van der Waals surface area (Å²) in [7, 11) is 3.36. The SMILES string of the molecule is [CH2]OCCCCCCCc1ccccc1. The van der Waals surface area contributed by atoms with Gasteiger partial charge < -0.3 is 4.74 Å². The van der Waals surface area contributed by atoms with Crippen molar-refractivity contribution in [1.82, 2.24) is 0 Å². The highest BCUT2D eigenvalue weighted by molar-refractivity contribution is 5.14. The zero-order valence-corrected chi connectivity index (χ0v) is 9.45. The van der Waals surface area contributed by atoms with Crippen molar-refractivity contribution < 1.29 is 4.74 Å². The van der Waals surface area contributed by atoms with Crippen LogP contribution in [0.4, 0.5) is 0 Å². The van der Waals surface area contributed by atoms with E-state index in [-0.39, 0.29) is 0 Å². The van der Waals surface area contributed by atoms with Gasteiger partial charge in [0.1, 0.15) is 0 Å². The van der Waals surface area contributed by atoms with Crippen LogP contribution >= 0.6 is 0 Å². The molecular formula is C14H21O. The molecule has 0 bridgehead atoms. The number of unbranched alkanes of at least 4 members (excludes halogenated alkanes) is 4. The standard InChI is InChI=1S/C14H21O/c1-15-13-9-4-2-3-6-10-14-11-7-5-8-12-14/h5,7-8,11-12H,1-4,6,9-10,13H2. The van der Waals surface area contributed by atoms with Gasteiger partial charge in [0.05, 0.1) is 7.11 Å². The number of hydrogen-bond donors (Lipinski definition) is 0. The van der Waals surface area contributed by atoms with Crippen LogP contribution < -0.4 is 0 Å². The van der Waals surface area contributed by atoms with Crippen LogP contribution in [-0.4, -0.2) is 6.61 Å². The van der Waals surface area contributed by atoms with Gasteiger partial charge in [-0.3, -0.25) is 0 Å². The maximum Gasteiger partial charge on any atom is 0.0700 e. The molecule has 0 fully saturated rings. The minimum atomic E-state index is 0.804. The van der Waals surface area contributed by atoms with Crippen LogP contribution in [0.3, 0.4) is 0 Å². The van der Waals surface area contributed by atoms with Crippen molar-refractivity contribution in [2.75, 3.05) is 6.61 Å². The molecule has 0 unspecified atom stereocenters. The summed E-state index contributed by atoms with van der Waals surface area (Å²) in [5, 5.41) is 0. The number of benzene rings is 1. The second-order valence-corrected chi connectivity index (χ2v) is 3.91. The van der Waals surface area contributed by atoms with E-state index in [1.807, 2.05) is 0 Å². The van der Waals surface area contributed by atoms with Crippen molar-refractivity contribution in [3.63, 3.8) is 0 Å². The van der Waals surface area contributed by atoms with Gasteiger partial charge in [0.25, 0.3) is 0 Å². The van der Waals surface area contributed by atoms with Crippen molar-refractivity contribution in [2.24, 2.45) is 0 Å². The maximum atomic E-state index is 4.77. The summed E-state index contributed by atoms with van der Waals surface area (Å²) in [5.74, 6) is 0. The van der Waals surface area contributed by atoms with Crippen LogP contribution in [0.1, 0.15) is 37.7 Å². The van der Waals surface area contributed by atoms with E-state index in [2.05, 4.69) is 37.4 Å². The minimum Gasteiger partial charge on any atom is -0.379 e.